The van der Waals surface area contributed by atoms with E-state index in [-0.39, 0.29) is 11.2 Å². The molecule has 108 valence electrons. The van der Waals surface area contributed by atoms with Gasteiger partial charge in [-0.15, -0.1) is 23.1 Å². The lowest BCUT2D eigenvalue weighted by atomic mass is 10.1. The van der Waals surface area contributed by atoms with E-state index in [1.165, 1.54) is 4.88 Å². The molecule has 0 fully saturated rings. The summed E-state index contributed by atoms with van der Waals surface area (Å²) in [6.07, 6.45) is 0. The quantitative estimate of drug-likeness (QED) is 0.876. The number of carbonyl (C=O) groups is 1. The van der Waals surface area contributed by atoms with Crippen molar-refractivity contribution in [2.45, 2.75) is 5.25 Å². The van der Waals surface area contributed by atoms with Gasteiger partial charge < -0.3 is 14.8 Å². The molecule has 1 atom stereocenters. The maximum atomic E-state index is 11.8. The minimum absolute atomic E-state index is 0.0553. The molecule has 2 aliphatic heterocycles. The molecule has 4 nitrogen and oxygen atoms in total. The normalized spacial score (nSPS) is 20.4. The van der Waals surface area contributed by atoms with Crippen LogP contribution >= 0.6 is 23.1 Å². The lowest BCUT2D eigenvalue weighted by molar-refractivity contribution is -0.113. The first-order valence-electron chi connectivity index (χ1n) is 6.69. The number of ether oxygens (including phenoxy) is 2. The summed E-state index contributed by atoms with van der Waals surface area (Å²) < 4.78 is 11.2. The minimum atomic E-state index is 0.0553. The van der Waals surface area contributed by atoms with Crippen molar-refractivity contribution >= 4 is 34.7 Å². The van der Waals surface area contributed by atoms with Gasteiger partial charge in [-0.25, -0.2) is 0 Å². The van der Waals surface area contributed by atoms with Gasteiger partial charge in [0.2, 0.25) is 5.91 Å². The zero-order valence-electron chi connectivity index (χ0n) is 11.1. The Balaban J connectivity index is 1.75. The molecule has 0 aliphatic carbocycles. The standard InChI is InChI=1S/C15H13NO3S2/c17-13-8-21-14(15-10(16-13)3-6-20-15)9-1-2-11-12(7-9)19-5-4-18-11/h1-3,6-7,14H,4-5,8H2,(H,16,17)/t14-/m0/s1. The third-order valence-electron chi connectivity index (χ3n) is 3.46. The molecule has 1 N–H and O–H groups in total. The smallest absolute Gasteiger partial charge is 0.234 e. The highest BCUT2D eigenvalue weighted by Crippen LogP contribution is 2.46. The number of anilines is 1. The fourth-order valence-corrected chi connectivity index (χ4v) is 4.75. The van der Waals surface area contributed by atoms with Gasteiger partial charge in [-0.3, -0.25) is 4.79 Å². The van der Waals surface area contributed by atoms with Gasteiger partial charge >= 0.3 is 0 Å². The summed E-state index contributed by atoms with van der Waals surface area (Å²) in [4.78, 5) is 13.0. The summed E-state index contributed by atoms with van der Waals surface area (Å²) in [7, 11) is 0. The summed E-state index contributed by atoms with van der Waals surface area (Å²) in [5.41, 5.74) is 2.07. The second kappa shape index (κ2) is 5.27. The van der Waals surface area contributed by atoms with E-state index in [9.17, 15) is 4.79 Å². The summed E-state index contributed by atoms with van der Waals surface area (Å²) in [5.74, 6) is 2.10. The monoisotopic (exact) mass is 319 g/mol. The molecule has 0 unspecified atom stereocenters. The maximum Gasteiger partial charge on any atom is 0.234 e. The average molecular weight is 319 g/mol. The Morgan fingerprint density at radius 1 is 1.14 bits per heavy atom. The van der Waals surface area contributed by atoms with Crippen LogP contribution < -0.4 is 14.8 Å². The molecule has 1 amide bonds. The van der Waals surface area contributed by atoms with Crippen molar-refractivity contribution in [3.63, 3.8) is 0 Å². The number of nitrogens with one attached hydrogen (secondary N) is 1. The number of fused-ring (bicyclic) bond motifs is 2. The molecule has 1 aromatic heterocycles. The molecule has 1 aromatic carbocycles. The van der Waals surface area contributed by atoms with Gasteiger partial charge in [-0.05, 0) is 29.1 Å². The molecule has 0 bridgehead atoms. The van der Waals surface area contributed by atoms with E-state index in [0.29, 0.717) is 19.0 Å². The zero-order chi connectivity index (χ0) is 14.2. The van der Waals surface area contributed by atoms with Gasteiger partial charge in [-0.2, -0.15) is 0 Å². The number of carbonyl (C=O) groups excluding carboxylic acids is 1. The highest BCUT2D eigenvalue weighted by atomic mass is 32.2. The number of rotatable bonds is 1. The van der Waals surface area contributed by atoms with Crippen molar-refractivity contribution in [3.05, 3.63) is 40.1 Å². The summed E-state index contributed by atoms with van der Waals surface area (Å²) in [6, 6.07) is 8.02. The molecule has 0 radical (unpaired) electrons. The lowest BCUT2D eigenvalue weighted by Gasteiger charge is -2.21. The largest absolute Gasteiger partial charge is 0.486 e. The molecule has 2 aromatic rings. The maximum absolute atomic E-state index is 11.8. The predicted molar refractivity (Wildman–Crippen MR) is 84.7 cm³/mol. The molecule has 0 spiro atoms. The van der Waals surface area contributed by atoms with Crippen LogP contribution in [0.4, 0.5) is 5.69 Å². The van der Waals surface area contributed by atoms with E-state index in [0.717, 1.165) is 22.7 Å². The van der Waals surface area contributed by atoms with E-state index in [4.69, 9.17) is 9.47 Å². The second-order valence-electron chi connectivity index (χ2n) is 4.84. The van der Waals surface area contributed by atoms with Gasteiger partial charge in [0.05, 0.1) is 16.7 Å². The van der Waals surface area contributed by atoms with Crippen LogP contribution in [0.3, 0.4) is 0 Å². The molecule has 2 aliphatic rings. The first kappa shape index (κ1) is 13.0. The predicted octanol–water partition coefficient (Wildman–Crippen LogP) is 3.29. The van der Waals surface area contributed by atoms with Crippen LogP contribution in [0.25, 0.3) is 0 Å². The number of hydrogen-bond donors (Lipinski definition) is 1. The second-order valence-corrected chi connectivity index (χ2v) is 6.88. The van der Waals surface area contributed by atoms with Crippen molar-refractivity contribution in [2.75, 3.05) is 24.3 Å². The Kier molecular flexibility index (Phi) is 3.27. The Bertz CT molecular complexity index is 698. The Morgan fingerprint density at radius 2 is 2.00 bits per heavy atom. The number of benzene rings is 1. The fraction of sp³-hybridized carbons (Fsp3) is 0.267. The number of thioether (sulfide) groups is 1. The van der Waals surface area contributed by atoms with Crippen LogP contribution in [0.5, 0.6) is 11.5 Å². The zero-order valence-corrected chi connectivity index (χ0v) is 12.8. The van der Waals surface area contributed by atoms with Crippen LogP contribution in [0.15, 0.2) is 29.6 Å². The van der Waals surface area contributed by atoms with Crippen LogP contribution in [0.1, 0.15) is 15.7 Å². The van der Waals surface area contributed by atoms with Crippen LogP contribution in [-0.4, -0.2) is 24.9 Å². The third-order valence-corrected chi connectivity index (χ3v) is 5.86. The summed E-state index contributed by atoms with van der Waals surface area (Å²) in [6.45, 7) is 1.18. The molecule has 4 rings (SSSR count). The van der Waals surface area contributed by atoms with Crippen LogP contribution in [-0.2, 0) is 4.79 Å². The van der Waals surface area contributed by atoms with Gasteiger partial charge in [0.25, 0.3) is 0 Å². The first-order chi connectivity index (χ1) is 10.3. The van der Waals surface area contributed by atoms with Crippen molar-refractivity contribution < 1.29 is 14.3 Å². The highest BCUT2D eigenvalue weighted by Gasteiger charge is 2.26. The van der Waals surface area contributed by atoms with Gasteiger partial charge in [0.1, 0.15) is 13.2 Å². The molecule has 0 saturated carbocycles. The topological polar surface area (TPSA) is 47.6 Å². The van der Waals surface area contributed by atoms with Crippen molar-refractivity contribution in [2.24, 2.45) is 0 Å². The first-order valence-corrected chi connectivity index (χ1v) is 8.62. The highest BCUT2D eigenvalue weighted by molar-refractivity contribution is 8.00. The van der Waals surface area contributed by atoms with E-state index in [2.05, 4.69) is 11.4 Å². The number of amides is 1. The van der Waals surface area contributed by atoms with E-state index in [1.54, 1.807) is 23.1 Å². The Morgan fingerprint density at radius 3 is 2.90 bits per heavy atom. The van der Waals surface area contributed by atoms with Crippen molar-refractivity contribution in [1.29, 1.82) is 0 Å². The summed E-state index contributed by atoms with van der Waals surface area (Å²) >= 11 is 3.32. The lowest BCUT2D eigenvalue weighted by Crippen LogP contribution is -2.15. The molecule has 3 heterocycles. The number of thiophene rings is 1. The number of hydrogen-bond acceptors (Lipinski definition) is 5. The van der Waals surface area contributed by atoms with E-state index >= 15 is 0 Å². The van der Waals surface area contributed by atoms with Gasteiger partial charge in [0, 0.05) is 4.88 Å². The van der Waals surface area contributed by atoms with Crippen LogP contribution in [0, 0.1) is 0 Å². The Labute approximate surface area is 130 Å². The minimum Gasteiger partial charge on any atom is -0.486 e. The van der Waals surface area contributed by atoms with E-state index in [1.807, 2.05) is 23.6 Å². The Hall–Kier alpha value is -1.66. The molecular formula is C15H13NO3S2. The average Bonchev–Trinajstić information content (AvgIpc) is 2.89. The van der Waals surface area contributed by atoms with Crippen molar-refractivity contribution in [1.82, 2.24) is 0 Å². The van der Waals surface area contributed by atoms with Gasteiger partial charge in [0.15, 0.2) is 11.5 Å². The molecule has 6 heteroatoms. The van der Waals surface area contributed by atoms with Crippen molar-refractivity contribution in [3.8, 4) is 11.5 Å². The third kappa shape index (κ3) is 2.38. The molecule has 0 saturated heterocycles. The van der Waals surface area contributed by atoms with E-state index < -0.39 is 0 Å². The molecular weight excluding hydrogens is 306 g/mol. The summed E-state index contributed by atoms with van der Waals surface area (Å²) in [5, 5.41) is 5.12. The molecule has 21 heavy (non-hydrogen) atoms. The fourth-order valence-electron chi connectivity index (χ4n) is 2.52. The van der Waals surface area contributed by atoms with Gasteiger partial charge in [-0.1, -0.05) is 6.07 Å². The van der Waals surface area contributed by atoms with Crippen LogP contribution in [0.2, 0.25) is 0 Å². The SMILES string of the molecule is O=C1CS[C@@H](c2ccc3c(c2)OCCO3)c2sccc2N1.